The smallest absolute Gasteiger partial charge is 0.264 e. The van der Waals surface area contributed by atoms with Crippen LogP contribution in [0.15, 0.2) is 17.5 Å². The van der Waals surface area contributed by atoms with Crippen LogP contribution >= 0.6 is 23.7 Å². The van der Waals surface area contributed by atoms with Crippen molar-refractivity contribution in [2.45, 2.75) is 37.8 Å². The van der Waals surface area contributed by atoms with Crippen LogP contribution in [-0.2, 0) is 9.59 Å². The number of thiophene rings is 1. The number of hydrogen-bond acceptors (Lipinski definition) is 5. The van der Waals surface area contributed by atoms with Crippen LogP contribution in [0.2, 0.25) is 0 Å². The summed E-state index contributed by atoms with van der Waals surface area (Å²) in [5, 5.41) is 4.99. The van der Waals surface area contributed by atoms with Gasteiger partial charge in [-0.25, -0.2) is 0 Å². The first-order chi connectivity index (χ1) is 13.1. The zero-order valence-electron chi connectivity index (χ0n) is 15.8. The van der Waals surface area contributed by atoms with E-state index in [9.17, 15) is 14.4 Å². The second kappa shape index (κ2) is 9.24. The Morgan fingerprint density at radius 2 is 1.96 bits per heavy atom. The molecule has 2 unspecified atom stereocenters. The first-order valence-corrected chi connectivity index (χ1v) is 10.7. The predicted molar refractivity (Wildman–Crippen MR) is 110 cm³/mol. The molecular weight excluding hydrogens is 400 g/mol. The molecule has 3 aliphatic heterocycles. The molecule has 3 fully saturated rings. The van der Waals surface area contributed by atoms with E-state index >= 15 is 0 Å². The third-order valence-electron chi connectivity index (χ3n) is 5.81. The molecule has 0 aliphatic carbocycles. The normalized spacial score (nSPS) is 25.6. The van der Waals surface area contributed by atoms with Crippen molar-refractivity contribution in [3.05, 3.63) is 22.4 Å². The number of amides is 3. The molecule has 9 heteroatoms. The number of carbonyl (C=O) groups excluding carboxylic acids is 3. The Morgan fingerprint density at radius 1 is 1.14 bits per heavy atom. The molecule has 0 radical (unpaired) electrons. The summed E-state index contributed by atoms with van der Waals surface area (Å²) in [6.45, 7) is 3.84. The number of nitrogens with zero attached hydrogens (tertiary/aromatic N) is 3. The number of carbonyl (C=O) groups is 3. The zero-order valence-corrected chi connectivity index (χ0v) is 17.5. The number of hydrogen-bond donors (Lipinski definition) is 1. The Bertz CT molecular complexity index is 714. The van der Waals surface area contributed by atoms with E-state index in [1.807, 2.05) is 27.3 Å². The van der Waals surface area contributed by atoms with Crippen molar-refractivity contribution in [1.82, 2.24) is 20.0 Å². The van der Waals surface area contributed by atoms with Gasteiger partial charge >= 0.3 is 0 Å². The second-order valence-corrected chi connectivity index (χ2v) is 8.43. The monoisotopic (exact) mass is 426 g/mol. The quantitative estimate of drug-likeness (QED) is 0.788. The van der Waals surface area contributed by atoms with Gasteiger partial charge in [-0.05, 0) is 37.1 Å². The first kappa shape index (κ1) is 21.1. The average molecular weight is 427 g/mol. The Morgan fingerprint density at radius 3 is 2.71 bits per heavy atom. The summed E-state index contributed by atoms with van der Waals surface area (Å²) in [7, 11) is 0. The first-order valence-electron chi connectivity index (χ1n) is 9.78. The summed E-state index contributed by atoms with van der Waals surface area (Å²) in [5.74, 6) is 0.132. The summed E-state index contributed by atoms with van der Waals surface area (Å²) in [6.07, 6.45) is 3.43. The number of piperazine rings is 1. The van der Waals surface area contributed by atoms with E-state index in [2.05, 4.69) is 5.32 Å². The van der Waals surface area contributed by atoms with Crippen molar-refractivity contribution in [2.75, 3.05) is 39.3 Å². The van der Waals surface area contributed by atoms with Gasteiger partial charge in [-0.3, -0.25) is 14.4 Å². The Labute approximate surface area is 175 Å². The van der Waals surface area contributed by atoms with E-state index in [4.69, 9.17) is 0 Å². The van der Waals surface area contributed by atoms with Crippen molar-refractivity contribution in [1.29, 1.82) is 0 Å². The lowest BCUT2D eigenvalue weighted by atomic mass is 10.0. The Kier molecular flexibility index (Phi) is 6.95. The van der Waals surface area contributed by atoms with Gasteiger partial charge < -0.3 is 20.0 Å². The van der Waals surface area contributed by atoms with E-state index in [1.165, 1.54) is 11.3 Å². The number of piperidine rings is 1. The molecule has 4 rings (SSSR count). The lowest BCUT2D eigenvalue weighted by molar-refractivity contribution is -0.142. The molecule has 1 N–H and O–H groups in total. The van der Waals surface area contributed by atoms with Crippen molar-refractivity contribution in [3.8, 4) is 0 Å². The largest absolute Gasteiger partial charge is 0.339 e. The van der Waals surface area contributed by atoms with E-state index in [1.54, 1.807) is 4.90 Å². The molecule has 0 bridgehead atoms. The van der Waals surface area contributed by atoms with Gasteiger partial charge in [-0.15, -0.1) is 23.7 Å². The van der Waals surface area contributed by atoms with Gasteiger partial charge in [0.15, 0.2) is 0 Å². The minimum Gasteiger partial charge on any atom is -0.339 e. The summed E-state index contributed by atoms with van der Waals surface area (Å²) in [4.78, 5) is 44.4. The zero-order chi connectivity index (χ0) is 18.8. The van der Waals surface area contributed by atoms with Gasteiger partial charge in [0.1, 0.15) is 6.04 Å². The number of rotatable bonds is 3. The molecule has 1 aromatic heterocycles. The molecule has 0 saturated carbocycles. The lowest BCUT2D eigenvalue weighted by Crippen LogP contribution is -2.59. The average Bonchev–Trinajstić information content (AvgIpc) is 3.39. The van der Waals surface area contributed by atoms with Crippen LogP contribution in [-0.4, -0.2) is 83.8 Å². The van der Waals surface area contributed by atoms with E-state index in [0.29, 0.717) is 37.6 Å². The number of likely N-dealkylation sites (tertiary alicyclic amines) is 2. The van der Waals surface area contributed by atoms with Gasteiger partial charge in [-0.2, -0.15) is 0 Å². The highest BCUT2D eigenvalue weighted by atomic mass is 35.5. The Hall–Kier alpha value is -1.64. The summed E-state index contributed by atoms with van der Waals surface area (Å²) in [5.41, 5.74) is 0. The van der Waals surface area contributed by atoms with Crippen LogP contribution in [0.25, 0.3) is 0 Å². The summed E-state index contributed by atoms with van der Waals surface area (Å²) < 4.78 is 0. The van der Waals surface area contributed by atoms with Crippen LogP contribution in [0, 0.1) is 0 Å². The Balaban J connectivity index is 0.00000225. The van der Waals surface area contributed by atoms with Gasteiger partial charge in [-0.1, -0.05) is 6.07 Å². The number of halogens is 1. The van der Waals surface area contributed by atoms with Crippen molar-refractivity contribution in [2.24, 2.45) is 0 Å². The summed E-state index contributed by atoms with van der Waals surface area (Å²) in [6, 6.07) is 3.42. The molecule has 154 valence electrons. The molecule has 3 aliphatic rings. The fourth-order valence-electron chi connectivity index (χ4n) is 4.44. The van der Waals surface area contributed by atoms with E-state index in [-0.39, 0.29) is 42.2 Å². The lowest BCUT2D eigenvalue weighted by Gasteiger charge is -2.42. The minimum atomic E-state index is -0.364. The molecule has 2 atom stereocenters. The van der Waals surface area contributed by atoms with Gasteiger partial charge in [0.2, 0.25) is 11.8 Å². The van der Waals surface area contributed by atoms with Crippen LogP contribution < -0.4 is 5.32 Å². The van der Waals surface area contributed by atoms with E-state index in [0.717, 1.165) is 32.2 Å². The van der Waals surface area contributed by atoms with Crippen molar-refractivity contribution >= 4 is 41.5 Å². The second-order valence-electron chi connectivity index (χ2n) is 7.48. The van der Waals surface area contributed by atoms with Crippen LogP contribution in [0.3, 0.4) is 0 Å². The van der Waals surface area contributed by atoms with Crippen LogP contribution in [0.4, 0.5) is 0 Å². The van der Waals surface area contributed by atoms with Gasteiger partial charge in [0, 0.05) is 38.8 Å². The van der Waals surface area contributed by atoms with Crippen molar-refractivity contribution < 1.29 is 14.4 Å². The molecule has 0 aromatic carbocycles. The van der Waals surface area contributed by atoms with Crippen molar-refractivity contribution in [3.63, 3.8) is 0 Å². The molecule has 4 heterocycles. The predicted octanol–water partition coefficient (Wildman–Crippen LogP) is 1.20. The molecule has 28 heavy (non-hydrogen) atoms. The third-order valence-corrected chi connectivity index (χ3v) is 6.66. The highest BCUT2D eigenvalue weighted by Crippen LogP contribution is 2.26. The van der Waals surface area contributed by atoms with Crippen LogP contribution in [0.1, 0.15) is 35.4 Å². The molecule has 7 nitrogen and oxygen atoms in total. The fraction of sp³-hybridized carbons (Fsp3) is 0.632. The third kappa shape index (κ3) is 4.18. The minimum absolute atomic E-state index is 0. The van der Waals surface area contributed by atoms with Crippen LogP contribution in [0.5, 0.6) is 0 Å². The fourth-order valence-corrected chi connectivity index (χ4v) is 5.11. The SMILES string of the molecule is Cl.O=C(C1CCCN1C(=O)c1cccs1)N1CCCC(N2CCNCC2=O)C1. The standard InChI is InChI=1S/C19H26N4O3S.ClH/c24-17-12-20-7-10-22(17)14-4-1-8-21(13-14)18(25)15-5-2-9-23(15)19(26)16-6-3-11-27-16;/h3,6,11,14-15,20H,1-2,4-5,7-10,12-13H2;1H. The highest BCUT2D eigenvalue weighted by molar-refractivity contribution is 7.12. The summed E-state index contributed by atoms with van der Waals surface area (Å²) >= 11 is 1.42. The van der Waals surface area contributed by atoms with Gasteiger partial charge in [0.25, 0.3) is 5.91 Å². The molecule has 1 aromatic rings. The van der Waals surface area contributed by atoms with E-state index < -0.39 is 0 Å². The maximum absolute atomic E-state index is 13.2. The molecule has 0 spiro atoms. The molecular formula is C19H27ClN4O3S. The van der Waals surface area contributed by atoms with Gasteiger partial charge in [0.05, 0.1) is 11.4 Å². The molecule has 3 amide bonds. The topological polar surface area (TPSA) is 73.0 Å². The highest BCUT2D eigenvalue weighted by Gasteiger charge is 2.39. The maximum atomic E-state index is 13.2. The molecule has 3 saturated heterocycles. The maximum Gasteiger partial charge on any atom is 0.264 e. The number of nitrogens with one attached hydrogen (secondary N) is 1.